The van der Waals surface area contributed by atoms with Gasteiger partial charge in [0.1, 0.15) is 0 Å². The fourth-order valence-electron chi connectivity index (χ4n) is 5.02. The van der Waals surface area contributed by atoms with Crippen molar-refractivity contribution < 1.29 is 9.90 Å². The molecular weight excluding hydrogens is 625 g/mol. The molecule has 0 spiro atoms. The van der Waals surface area contributed by atoms with Gasteiger partial charge in [-0.25, -0.2) is 0 Å². The summed E-state index contributed by atoms with van der Waals surface area (Å²) in [5.74, 6) is 2.47. The molecule has 0 saturated carbocycles. The molecule has 0 aromatic rings. The van der Waals surface area contributed by atoms with Crippen LogP contribution in [0.5, 0.6) is 0 Å². The van der Waals surface area contributed by atoms with Crippen LogP contribution in [0.25, 0.3) is 0 Å². The van der Waals surface area contributed by atoms with Crippen LogP contribution in [0.15, 0.2) is 0 Å². The maximum absolute atomic E-state index is 10.4. The van der Waals surface area contributed by atoms with Crippen molar-refractivity contribution in [3.63, 3.8) is 0 Å². The fourth-order valence-corrected chi connectivity index (χ4v) is 20.4. The van der Waals surface area contributed by atoms with E-state index in [1.807, 2.05) is 6.92 Å². The monoisotopic (exact) mass is 692 g/mol. The summed E-state index contributed by atoms with van der Waals surface area (Å²) in [6.07, 6.45) is 21.2. The van der Waals surface area contributed by atoms with Gasteiger partial charge in [-0.3, -0.25) is 4.79 Å². The standard InChI is InChI=1S/C8H16O2.3C8H17.Bi/c1-3-5-6-7(4-2)8(9)10;3*1-4-6-7-8(3)5-2;/h7H,3-6H2,1-2H3,(H,9,10);3*8H,3-7H2,1-2H3;. The van der Waals surface area contributed by atoms with E-state index in [0.717, 1.165) is 43.4 Å². The van der Waals surface area contributed by atoms with E-state index in [9.17, 15) is 4.79 Å². The Kier molecular flexibility index (Phi) is 29.3. The Bertz CT molecular complexity index is 396. The summed E-state index contributed by atoms with van der Waals surface area (Å²) in [7, 11) is 0. The van der Waals surface area contributed by atoms with Crippen LogP contribution >= 0.6 is 0 Å². The van der Waals surface area contributed by atoms with Crippen molar-refractivity contribution in [1.82, 2.24) is 0 Å². The van der Waals surface area contributed by atoms with Gasteiger partial charge in [0.05, 0.1) is 5.92 Å². The number of aliphatic carboxylic acids is 1. The van der Waals surface area contributed by atoms with Gasteiger partial charge in [0.2, 0.25) is 0 Å². The molecule has 0 aliphatic heterocycles. The van der Waals surface area contributed by atoms with Gasteiger partial charge in [0, 0.05) is 0 Å². The second-order valence-electron chi connectivity index (χ2n) is 11.1. The molecule has 0 aromatic heterocycles. The van der Waals surface area contributed by atoms with Crippen molar-refractivity contribution >= 4 is 27.7 Å². The number of unbranched alkanes of at least 4 members (excludes halogenated alkanes) is 4. The van der Waals surface area contributed by atoms with Crippen molar-refractivity contribution in [1.29, 1.82) is 0 Å². The molecule has 0 heterocycles. The van der Waals surface area contributed by atoms with Crippen LogP contribution < -0.4 is 0 Å². The summed E-state index contributed by atoms with van der Waals surface area (Å²) in [5, 5.41) is 8.60. The molecule has 0 radical (unpaired) electrons. The van der Waals surface area contributed by atoms with E-state index in [-0.39, 0.29) is 5.92 Å². The van der Waals surface area contributed by atoms with Crippen LogP contribution in [0, 0.1) is 23.7 Å². The zero-order valence-corrected chi connectivity index (χ0v) is 29.0. The van der Waals surface area contributed by atoms with Crippen LogP contribution in [0.4, 0.5) is 0 Å². The van der Waals surface area contributed by atoms with E-state index in [2.05, 4.69) is 48.5 Å². The molecule has 4 unspecified atom stereocenters. The summed E-state index contributed by atoms with van der Waals surface area (Å²) in [4.78, 5) is 10.4. The first-order valence-corrected chi connectivity index (χ1v) is 23.2. The quantitative estimate of drug-likeness (QED) is 0.108. The first-order valence-electron chi connectivity index (χ1n) is 15.8. The normalized spacial score (nSPS) is 14.8. The molecule has 0 saturated heterocycles. The number of hydrogen-bond donors (Lipinski definition) is 1. The van der Waals surface area contributed by atoms with Crippen LogP contribution in [-0.2, 0) is 4.79 Å². The first-order chi connectivity index (χ1) is 16.9. The number of carbonyl (C=O) groups is 1. The molecule has 0 fully saturated rings. The average molecular weight is 693 g/mol. The van der Waals surface area contributed by atoms with Crippen molar-refractivity contribution in [2.75, 3.05) is 0 Å². The van der Waals surface area contributed by atoms with Gasteiger partial charge >= 0.3 is 176 Å². The average Bonchev–Trinajstić information content (AvgIpc) is 2.86. The minimum absolute atomic E-state index is 0.111. The first kappa shape index (κ1) is 37.5. The Morgan fingerprint density at radius 1 is 0.543 bits per heavy atom. The molecule has 212 valence electrons. The topological polar surface area (TPSA) is 37.3 Å². The van der Waals surface area contributed by atoms with Gasteiger partial charge in [-0.2, -0.15) is 0 Å². The molecule has 0 rings (SSSR count). The van der Waals surface area contributed by atoms with Gasteiger partial charge in [0.15, 0.2) is 0 Å². The Balaban J connectivity index is 0. The summed E-state index contributed by atoms with van der Waals surface area (Å²) in [6.45, 7) is 18.5. The number of hydrogen-bond acceptors (Lipinski definition) is 1. The predicted octanol–water partition coefficient (Wildman–Crippen LogP) is 11.4. The van der Waals surface area contributed by atoms with Crippen LogP contribution in [0.3, 0.4) is 0 Å². The molecule has 3 heteroatoms. The van der Waals surface area contributed by atoms with Crippen molar-refractivity contribution in [2.45, 2.75) is 171 Å². The van der Waals surface area contributed by atoms with Gasteiger partial charge < -0.3 is 5.11 Å². The number of carboxylic acid groups (broad SMARTS) is 1. The fraction of sp³-hybridized carbons (Fsp3) is 0.969. The van der Waals surface area contributed by atoms with Gasteiger partial charge in [-0.05, 0) is 12.8 Å². The van der Waals surface area contributed by atoms with Crippen molar-refractivity contribution in [2.24, 2.45) is 23.7 Å². The summed E-state index contributed by atoms with van der Waals surface area (Å²) in [5.41, 5.74) is 0. The Hall–Kier alpha value is 0.353. The zero-order chi connectivity index (χ0) is 26.9. The molecule has 35 heavy (non-hydrogen) atoms. The SMILES string of the molecule is CCCCC(CC)C(=O)O.CCCCC(CC)[CH2][Bi]([CH2]C(CC)CCCC)[CH2]C(CC)CCCC. The van der Waals surface area contributed by atoms with Crippen LogP contribution in [0.1, 0.15) is 158 Å². The second-order valence-corrected chi connectivity index (χ2v) is 20.5. The third kappa shape index (κ3) is 22.1. The molecule has 4 atom stereocenters. The molecule has 0 amide bonds. The van der Waals surface area contributed by atoms with Gasteiger partial charge in [0.25, 0.3) is 0 Å². The maximum atomic E-state index is 10.4. The van der Waals surface area contributed by atoms with Crippen molar-refractivity contribution in [3.05, 3.63) is 0 Å². The van der Waals surface area contributed by atoms with Gasteiger partial charge in [-0.15, -0.1) is 0 Å². The van der Waals surface area contributed by atoms with Crippen molar-refractivity contribution in [3.8, 4) is 0 Å². The van der Waals surface area contributed by atoms with E-state index in [4.69, 9.17) is 5.11 Å². The van der Waals surface area contributed by atoms with E-state index in [1.54, 1.807) is 12.4 Å². The summed E-state index contributed by atoms with van der Waals surface area (Å²) >= 11 is -1.33. The zero-order valence-electron chi connectivity index (χ0n) is 25.5. The van der Waals surface area contributed by atoms with E-state index < -0.39 is 27.7 Å². The van der Waals surface area contributed by atoms with E-state index >= 15 is 0 Å². The molecule has 0 bridgehead atoms. The summed E-state index contributed by atoms with van der Waals surface area (Å²) < 4.78 is 5.16. The third-order valence-corrected chi connectivity index (χ3v) is 20.0. The summed E-state index contributed by atoms with van der Waals surface area (Å²) in [6, 6.07) is 0. The second kappa shape index (κ2) is 27.4. The van der Waals surface area contributed by atoms with Crippen LogP contribution in [0.2, 0.25) is 12.4 Å². The molecule has 0 aliphatic rings. The molecule has 1 N–H and O–H groups in total. The molecule has 2 nitrogen and oxygen atoms in total. The Morgan fingerprint density at radius 3 is 1.09 bits per heavy atom. The minimum atomic E-state index is -1.33. The molecule has 0 aliphatic carbocycles. The van der Waals surface area contributed by atoms with Crippen LogP contribution in [-0.4, -0.2) is 32.8 Å². The van der Waals surface area contributed by atoms with E-state index in [0.29, 0.717) is 0 Å². The molecular formula is C32H67BiO2. The third-order valence-electron chi connectivity index (χ3n) is 7.93. The number of rotatable bonds is 23. The predicted molar refractivity (Wildman–Crippen MR) is 161 cm³/mol. The Labute approximate surface area is 230 Å². The Morgan fingerprint density at radius 2 is 0.857 bits per heavy atom. The molecule has 0 aromatic carbocycles. The van der Waals surface area contributed by atoms with E-state index in [1.165, 1.54) is 77.0 Å². The number of carboxylic acids is 1. The van der Waals surface area contributed by atoms with Gasteiger partial charge in [-0.1, -0.05) is 26.7 Å².